The number of hydrogen-bond acceptors (Lipinski definition) is 3. The molecule has 0 radical (unpaired) electrons. The maximum absolute atomic E-state index is 11.8. The first-order valence-electron chi connectivity index (χ1n) is 7.05. The smallest absolute Gasteiger partial charge is 0.258 e. The molecule has 0 atom stereocenters. The predicted octanol–water partition coefficient (Wildman–Crippen LogP) is 2.75. The Hall–Kier alpha value is -2.04. The van der Waals surface area contributed by atoms with Gasteiger partial charge < -0.3 is 15.4 Å². The largest absolute Gasteiger partial charge is 0.484 e. The lowest BCUT2D eigenvalue weighted by Gasteiger charge is -2.08. The van der Waals surface area contributed by atoms with Gasteiger partial charge in [0, 0.05) is 18.1 Å². The lowest BCUT2D eigenvalue weighted by Crippen LogP contribution is -2.28. The fraction of sp³-hybridized carbons (Fsp3) is 0.235. The van der Waals surface area contributed by atoms with Crippen molar-refractivity contribution in [3.63, 3.8) is 0 Å². The van der Waals surface area contributed by atoms with E-state index in [2.05, 4.69) is 10.6 Å². The van der Waals surface area contributed by atoms with E-state index in [-0.39, 0.29) is 12.5 Å². The fourth-order valence-electron chi connectivity index (χ4n) is 1.91. The van der Waals surface area contributed by atoms with Gasteiger partial charge in [-0.2, -0.15) is 0 Å². The molecule has 2 aromatic rings. The van der Waals surface area contributed by atoms with Crippen LogP contribution in [0, 0.1) is 0 Å². The number of nitrogens with one attached hydrogen (secondary N) is 2. The standard InChI is InChI=1S/C17H19ClN2O2/c1-19-10-13-2-4-14(5-3-13)11-20-17(21)12-22-16-8-6-15(18)7-9-16/h2-9,19H,10-12H2,1H3,(H,20,21). The molecular weight excluding hydrogens is 300 g/mol. The highest BCUT2D eigenvalue weighted by Gasteiger charge is 2.03. The van der Waals surface area contributed by atoms with Crippen LogP contribution in [0.2, 0.25) is 5.02 Å². The molecule has 0 saturated carbocycles. The van der Waals surface area contributed by atoms with Crippen molar-refractivity contribution in [1.82, 2.24) is 10.6 Å². The number of carbonyl (C=O) groups is 1. The van der Waals surface area contributed by atoms with Crippen LogP contribution in [0.4, 0.5) is 0 Å². The van der Waals surface area contributed by atoms with Gasteiger partial charge in [-0.05, 0) is 42.4 Å². The summed E-state index contributed by atoms with van der Waals surface area (Å²) in [4.78, 5) is 11.8. The second-order valence-corrected chi connectivity index (χ2v) is 5.30. The number of rotatable bonds is 7. The third-order valence-electron chi connectivity index (χ3n) is 3.08. The van der Waals surface area contributed by atoms with E-state index in [1.165, 1.54) is 5.56 Å². The second-order valence-electron chi connectivity index (χ2n) is 4.87. The van der Waals surface area contributed by atoms with Gasteiger partial charge in [-0.25, -0.2) is 0 Å². The maximum atomic E-state index is 11.8. The Kier molecular flexibility index (Phi) is 6.25. The van der Waals surface area contributed by atoms with E-state index in [1.54, 1.807) is 24.3 Å². The van der Waals surface area contributed by atoms with Crippen LogP contribution in [0.15, 0.2) is 48.5 Å². The van der Waals surface area contributed by atoms with Gasteiger partial charge in [0.1, 0.15) is 5.75 Å². The van der Waals surface area contributed by atoms with Crippen molar-refractivity contribution in [3.05, 3.63) is 64.7 Å². The summed E-state index contributed by atoms with van der Waals surface area (Å²) in [5.74, 6) is 0.463. The molecule has 0 bridgehead atoms. The zero-order valence-corrected chi connectivity index (χ0v) is 13.2. The van der Waals surface area contributed by atoms with Crippen LogP contribution in [0.1, 0.15) is 11.1 Å². The Bertz CT molecular complexity index is 597. The zero-order chi connectivity index (χ0) is 15.8. The molecule has 0 spiro atoms. The Morgan fingerprint density at radius 1 is 1.00 bits per heavy atom. The highest BCUT2D eigenvalue weighted by atomic mass is 35.5. The zero-order valence-electron chi connectivity index (χ0n) is 12.4. The van der Waals surface area contributed by atoms with Crippen LogP contribution in [0.3, 0.4) is 0 Å². The molecule has 22 heavy (non-hydrogen) atoms. The number of hydrogen-bond donors (Lipinski definition) is 2. The molecule has 0 aliphatic heterocycles. The molecule has 0 aliphatic carbocycles. The monoisotopic (exact) mass is 318 g/mol. The van der Waals surface area contributed by atoms with Gasteiger partial charge in [-0.1, -0.05) is 35.9 Å². The van der Waals surface area contributed by atoms with Crippen LogP contribution in [-0.2, 0) is 17.9 Å². The summed E-state index contributed by atoms with van der Waals surface area (Å²) in [6.07, 6.45) is 0. The Balaban J connectivity index is 1.74. The average molecular weight is 319 g/mol. The molecule has 0 fully saturated rings. The van der Waals surface area contributed by atoms with Crippen molar-refractivity contribution < 1.29 is 9.53 Å². The molecule has 1 amide bonds. The Labute approximate surface area is 135 Å². The Morgan fingerprint density at radius 3 is 2.18 bits per heavy atom. The predicted molar refractivity (Wildman–Crippen MR) is 88.0 cm³/mol. The summed E-state index contributed by atoms with van der Waals surface area (Å²) in [6, 6.07) is 15.0. The van der Waals surface area contributed by atoms with Crippen molar-refractivity contribution in [2.45, 2.75) is 13.1 Å². The minimum atomic E-state index is -0.158. The molecule has 4 nitrogen and oxygen atoms in total. The number of ether oxygens (including phenoxy) is 1. The summed E-state index contributed by atoms with van der Waals surface area (Å²) in [7, 11) is 1.91. The highest BCUT2D eigenvalue weighted by molar-refractivity contribution is 6.30. The third-order valence-corrected chi connectivity index (χ3v) is 3.33. The molecule has 2 aromatic carbocycles. The van der Waals surface area contributed by atoms with Gasteiger partial charge in [-0.3, -0.25) is 4.79 Å². The molecule has 2 N–H and O–H groups in total. The van der Waals surface area contributed by atoms with E-state index >= 15 is 0 Å². The van der Waals surface area contributed by atoms with Gasteiger partial charge in [0.2, 0.25) is 0 Å². The van der Waals surface area contributed by atoms with E-state index in [0.717, 1.165) is 12.1 Å². The second kappa shape index (κ2) is 8.41. The van der Waals surface area contributed by atoms with Crippen LogP contribution in [0.5, 0.6) is 5.75 Å². The SMILES string of the molecule is CNCc1ccc(CNC(=O)COc2ccc(Cl)cc2)cc1. The molecule has 116 valence electrons. The van der Waals surface area contributed by atoms with E-state index in [0.29, 0.717) is 17.3 Å². The topological polar surface area (TPSA) is 50.4 Å². The fourth-order valence-corrected chi connectivity index (χ4v) is 2.04. The van der Waals surface area contributed by atoms with E-state index in [9.17, 15) is 4.79 Å². The summed E-state index contributed by atoms with van der Waals surface area (Å²) in [6.45, 7) is 1.31. The van der Waals surface area contributed by atoms with E-state index in [4.69, 9.17) is 16.3 Å². The van der Waals surface area contributed by atoms with Crippen molar-refractivity contribution in [2.75, 3.05) is 13.7 Å². The van der Waals surface area contributed by atoms with E-state index in [1.807, 2.05) is 31.3 Å². The summed E-state index contributed by atoms with van der Waals surface area (Å²) in [5, 5.41) is 6.56. The maximum Gasteiger partial charge on any atom is 0.258 e. The minimum Gasteiger partial charge on any atom is -0.484 e. The van der Waals surface area contributed by atoms with Crippen molar-refractivity contribution in [3.8, 4) is 5.75 Å². The van der Waals surface area contributed by atoms with Crippen LogP contribution in [-0.4, -0.2) is 19.6 Å². The van der Waals surface area contributed by atoms with Gasteiger partial charge in [0.05, 0.1) is 0 Å². The lowest BCUT2D eigenvalue weighted by molar-refractivity contribution is -0.123. The number of carbonyl (C=O) groups excluding carboxylic acids is 1. The van der Waals surface area contributed by atoms with Crippen LogP contribution in [0.25, 0.3) is 0 Å². The molecular formula is C17H19ClN2O2. The normalized spacial score (nSPS) is 10.3. The van der Waals surface area contributed by atoms with E-state index < -0.39 is 0 Å². The molecule has 2 rings (SSSR count). The van der Waals surface area contributed by atoms with Crippen LogP contribution < -0.4 is 15.4 Å². The van der Waals surface area contributed by atoms with Crippen molar-refractivity contribution in [2.24, 2.45) is 0 Å². The lowest BCUT2D eigenvalue weighted by atomic mass is 10.1. The number of benzene rings is 2. The Morgan fingerprint density at radius 2 is 1.59 bits per heavy atom. The first-order valence-corrected chi connectivity index (χ1v) is 7.42. The molecule has 0 saturated heterocycles. The molecule has 0 aliphatic rings. The third kappa shape index (κ3) is 5.39. The summed E-state index contributed by atoms with van der Waals surface area (Å²) < 4.78 is 5.38. The molecule has 0 heterocycles. The van der Waals surface area contributed by atoms with Gasteiger partial charge in [0.15, 0.2) is 6.61 Å². The number of amides is 1. The first-order chi connectivity index (χ1) is 10.7. The highest BCUT2D eigenvalue weighted by Crippen LogP contribution is 2.15. The van der Waals surface area contributed by atoms with Crippen molar-refractivity contribution in [1.29, 1.82) is 0 Å². The van der Waals surface area contributed by atoms with Gasteiger partial charge in [0.25, 0.3) is 5.91 Å². The summed E-state index contributed by atoms with van der Waals surface area (Å²) >= 11 is 5.78. The molecule has 5 heteroatoms. The van der Waals surface area contributed by atoms with Gasteiger partial charge in [-0.15, -0.1) is 0 Å². The average Bonchev–Trinajstić information content (AvgIpc) is 2.54. The van der Waals surface area contributed by atoms with Crippen LogP contribution >= 0.6 is 11.6 Å². The molecule has 0 aromatic heterocycles. The summed E-state index contributed by atoms with van der Waals surface area (Å²) in [5.41, 5.74) is 2.27. The number of halogens is 1. The first kappa shape index (κ1) is 16.3. The minimum absolute atomic E-state index is 0.0144. The molecule has 0 unspecified atom stereocenters. The van der Waals surface area contributed by atoms with Crippen molar-refractivity contribution >= 4 is 17.5 Å². The quantitative estimate of drug-likeness (QED) is 0.825. The van der Waals surface area contributed by atoms with Gasteiger partial charge >= 0.3 is 0 Å².